The van der Waals surface area contributed by atoms with E-state index in [2.05, 4.69) is 20.5 Å². The maximum absolute atomic E-state index is 12.8. The summed E-state index contributed by atoms with van der Waals surface area (Å²) in [7, 11) is 0. The number of halogens is 3. The molecular weight excluding hydrogens is 376 g/mol. The number of nitrogens with zero attached hydrogens (tertiary/aromatic N) is 4. The lowest BCUT2D eigenvalue weighted by atomic mass is 10.2. The number of rotatable bonds is 6. The van der Waals surface area contributed by atoms with Gasteiger partial charge in [0.05, 0.1) is 5.75 Å². The molecule has 2 heterocycles. The summed E-state index contributed by atoms with van der Waals surface area (Å²) >= 11 is 8.73. The quantitative estimate of drug-likeness (QED) is 0.594. The third-order valence-electron chi connectivity index (χ3n) is 3.11. The molecule has 10 heteroatoms. The zero-order valence-corrected chi connectivity index (χ0v) is 14.8. The standard InChI is InChI=1S/C14H12ClF2N5S2/c1-8-2-3-9(6-10(8)15)19-13-20-21-14(24-13)23-7-11-18-4-5-22(11)12(16)17/h2-6,12H,7H2,1H3,(H,19,20). The van der Waals surface area contributed by atoms with Crippen LogP contribution in [-0.4, -0.2) is 19.7 Å². The minimum Gasteiger partial charge on any atom is -0.330 e. The molecule has 24 heavy (non-hydrogen) atoms. The number of nitrogens with one attached hydrogen (secondary N) is 1. The summed E-state index contributed by atoms with van der Waals surface area (Å²) in [6.45, 7) is -0.671. The number of hydrogen-bond donors (Lipinski definition) is 1. The van der Waals surface area contributed by atoms with E-state index in [0.717, 1.165) is 15.8 Å². The van der Waals surface area contributed by atoms with Crippen LogP contribution < -0.4 is 5.32 Å². The average molecular weight is 388 g/mol. The number of hydrogen-bond acceptors (Lipinski definition) is 6. The fraction of sp³-hybridized carbons (Fsp3) is 0.214. The van der Waals surface area contributed by atoms with Crippen LogP contribution in [0.1, 0.15) is 17.9 Å². The van der Waals surface area contributed by atoms with Gasteiger partial charge in [-0.2, -0.15) is 8.78 Å². The van der Waals surface area contributed by atoms with Gasteiger partial charge in [0.15, 0.2) is 4.34 Å². The van der Waals surface area contributed by atoms with Gasteiger partial charge < -0.3 is 5.32 Å². The van der Waals surface area contributed by atoms with Gasteiger partial charge in [-0.1, -0.05) is 40.8 Å². The minimum atomic E-state index is -2.60. The van der Waals surface area contributed by atoms with Crippen LogP contribution in [-0.2, 0) is 5.75 Å². The second-order valence-electron chi connectivity index (χ2n) is 4.78. The second-order valence-corrected chi connectivity index (χ2v) is 7.39. The van der Waals surface area contributed by atoms with Crippen LogP contribution in [0.5, 0.6) is 0 Å². The summed E-state index contributed by atoms with van der Waals surface area (Å²) in [5.41, 5.74) is 1.80. The fourth-order valence-electron chi connectivity index (χ4n) is 1.87. The van der Waals surface area contributed by atoms with Crippen LogP contribution in [0.25, 0.3) is 0 Å². The van der Waals surface area contributed by atoms with E-state index in [1.54, 1.807) is 0 Å². The Morgan fingerprint density at radius 3 is 2.96 bits per heavy atom. The Kier molecular flexibility index (Phi) is 5.32. The molecule has 0 saturated carbocycles. The van der Waals surface area contributed by atoms with Crippen LogP contribution in [0.3, 0.4) is 0 Å². The molecule has 0 radical (unpaired) electrons. The number of benzene rings is 1. The molecular formula is C14H12ClF2N5S2. The monoisotopic (exact) mass is 387 g/mol. The third kappa shape index (κ3) is 4.03. The SMILES string of the molecule is Cc1ccc(Nc2nnc(SCc3nccn3C(F)F)s2)cc1Cl. The van der Waals surface area contributed by atoms with Crippen molar-refractivity contribution in [1.82, 2.24) is 19.7 Å². The van der Waals surface area contributed by atoms with Crippen molar-refractivity contribution in [3.8, 4) is 0 Å². The molecule has 0 aliphatic carbocycles. The van der Waals surface area contributed by atoms with E-state index in [9.17, 15) is 8.78 Å². The van der Waals surface area contributed by atoms with E-state index >= 15 is 0 Å². The van der Waals surface area contributed by atoms with Gasteiger partial charge in [0.1, 0.15) is 5.82 Å². The molecule has 0 aliphatic heterocycles. The van der Waals surface area contributed by atoms with E-state index < -0.39 is 6.55 Å². The largest absolute Gasteiger partial charge is 0.330 e. The zero-order chi connectivity index (χ0) is 17.1. The molecule has 3 aromatic rings. The Balaban J connectivity index is 1.63. The van der Waals surface area contributed by atoms with Gasteiger partial charge in [0.2, 0.25) is 5.13 Å². The Morgan fingerprint density at radius 1 is 1.38 bits per heavy atom. The van der Waals surface area contributed by atoms with Gasteiger partial charge in [-0.15, -0.1) is 10.2 Å². The molecule has 0 saturated heterocycles. The van der Waals surface area contributed by atoms with Crippen LogP contribution in [0.15, 0.2) is 34.9 Å². The average Bonchev–Trinajstić information content (AvgIpc) is 3.18. The number of imidazole rings is 1. The Hall–Kier alpha value is -1.71. The van der Waals surface area contributed by atoms with Crippen molar-refractivity contribution < 1.29 is 8.78 Å². The van der Waals surface area contributed by atoms with E-state index in [1.807, 2.05) is 25.1 Å². The van der Waals surface area contributed by atoms with Gasteiger partial charge >= 0.3 is 6.55 Å². The molecule has 2 aromatic heterocycles. The number of anilines is 2. The van der Waals surface area contributed by atoms with Gasteiger partial charge in [0, 0.05) is 23.1 Å². The molecule has 1 aromatic carbocycles. The molecule has 126 valence electrons. The summed E-state index contributed by atoms with van der Waals surface area (Å²) < 4.78 is 27.0. The van der Waals surface area contributed by atoms with Gasteiger partial charge in [-0.3, -0.25) is 4.57 Å². The van der Waals surface area contributed by atoms with Crippen molar-refractivity contribution >= 4 is 45.5 Å². The number of aromatic nitrogens is 4. The van der Waals surface area contributed by atoms with Crippen molar-refractivity contribution in [2.45, 2.75) is 23.6 Å². The van der Waals surface area contributed by atoms with Crippen LogP contribution in [0.2, 0.25) is 5.02 Å². The van der Waals surface area contributed by atoms with Crippen molar-refractivity contribution in [2.24, 2.45) is 0 Å². The van der Waals surface area contributed by atoms with E-state index in [0.29, 0.717) is 26.1 Å². The molecule has 0 amide bonds. The summed E-state index contributed by atoms with van der Waals surface area (Å²) in [4.78, 5) is 3.93. The summed E-state index contributed by atoms with van der Waals surface area (Å²) in [5, 5.41) is 12.5. The lowest BCUT2D eigenvalue weighted by Gasteiger charge is -2.04. The van der Waals surface area contributed by atoms with Crippen molar-refractivity contribution in [3.05, 3.63) is 47.0 Å². The Morgan fingerprint density at radius 2 is 2.21 bits per heavy atom. The first-order valence-electron chi connectivity index (χ1n) is 6.82. The smallest absolute Gasteiger partial charge is 0.319 e. The van der Waals surface area contributed by atoms with Crippen LogP contribution >= 0.6 is 34.7 Å². The molecule has 0 atom stereocenters. The molecule has 0 unspecified atom stereocenters. The fourth-order valence-corrected chi connectivity index (χ4v) is 3.77. The molecule has 0 spiro atoms. The normalized spacial score (nSPS) is 11.2. The van der Waals surface area contributed by atoms with Gasteiger partial charge in [-0.25, -0.2) is 4.98 Å². The van der Waals surface area contributed by atoms with Crippen molar-refractivity contribution in [2.75, 3.05) is 5.32 Å². The zero-order valence-electron chi connectivity index (χ0n) is 12.4. The minimum absolute atomic E-state index is 0.294. The number of alkyl halides is 2. The maximum atomic E-state index is 12.8. The summed E-state index contributed by atoms with van der Waals surface area (Å²) in [6, 6.07) is 5.62. The van der Waals surface area contributed by atoms with E-state index in [4.69, 9.17) is 11.6 Å². The maximum Gasteiger partial charge on any atom is 0.319 e. The Bertz CT molecular complexity index is 836. The highest BCUT2D eigenvalue weighted by Crippen LogP contribution is 2.31. The predicted octanol–water partition coefficient (Wildman–Crippen LogP) is 5.13. The number of aryl methyl sites for hydroxylation is 1. The first kappa shape index (κ1) is 17.1. The molecule has 0 aliphatic rings. The van der Waals surface area contributed by atoms with E-state index in [-0.39, 0.29) is 0 Å². The molecule has 0 fully saturated rings. The number of thioether (sulfide) groups is 1. The topological polar surface area (TPSA) is 55.6 Å². The molecule has 0 bridgehead atoms. The highest BCUT2D eigenvalue weighted by atomic mass is 35.5. The van der Waals surface area contributed by atoms with Crippen molar-refractivity contribution in [1.29, 1.82) is 0 Å². The molecule has 5 nitrogen and oxygen atoms in total. The van der Waals surface area contributed by atoms with E-state index in [1.165, 1.54) is 35.5 Å². The van der Waals surface area contributed by atoms with Gasteiger partial charge in [-0.05, 0) is 24.6 Å². The van der Waals surface area contributed by atoms with Crippen LogP contribution in [0.4, 0.5) is 19.6 Å². The summed E-state index contributed by atoms with van der Waals surface area (Å²) in [5.74, 6) is 0.590. The summed E-state index contributed by atoms with van der Waals surface area (Å²) in [6.07, 6.45) is 2.62. The highest BCUT2D eigenvalue weighted by molar-refractivity contribution is 8.00. The Labute approximate surface area is 150 Å². The predicted molar refractivity (Wildman–Crippen MR) is 92.4 cm³/mol. The molecule has 3 rings (SSSR count). The molecule has 1 N–H and O–H groups in total. The lowest BCUT2D eigenvalue weighted by Crippen LogP contribution is -2.01. The van der Waals surface area contributed by atoms with Gasteiger partial charge in [0.25, 0.3) is 0 Å². The second kappa shape index (κ2) is 7.45. The first-order chi connectivity index (χ1) is 11.5. The van der Waals surface area contributed by atoms with Crippen LogP contribution in [0, 0.1) is 6.92 Å². The third-order valence-corrected chi connectivity index (χ3v) is 5.49. The first-order valence-corrected chi connectivity index (χ1v) is 9.00. The lowest BCUT2D eigenvalue weighted by molar-refractivity contribution is 0.0678. The highest BCUT2D eigenvalue weighted by Gasteiger charge is 2.13. The van der Waals surface area contributed by atoms with Crippen molar-refractivity contribution in [3.63, 3.8) is 0 Å².